The number of benzene rings is 1. The first-order valence-electron chi connectivity index (χ1n) is 7.18. The van der Waals surface area contributed by atoms with Crippen LogP contribution in [-0.2, 0) is 13.0 Å². The molecule has 0 saturated carbocycles. The summed E-state index contributed by atoms with van der Waals surface area (Å²) in [6.45, 7) is 0.436. The number of hydrogen-bond donors (Lipinski definition) is 2. The standard InChI is InChI=1S/C16H21N3O2/c17-16(21)15-11-19(12-18-15)10-14(20)9-5-4-8-13-6-2-1-3-7-13/h1-3,6-7,11-12,14,20H,4-5,8-10H2,(H2,17,21)/t14-/m0/s1. The van der Waals surface area contributed by atoms with Gasteiger partial charge in [0.05, 0.1) is 12.4 Å². The van der Waals surface area contributed by atoms with Crippen molar-refractivity contribution in [1.29, 1.82) is 0 Å². The molecule has 5 heteroatoms. The maximum atomic E-state index is 10.9. The molecule has 5 nitrogen and oxygen atoms in total. The fourth-order valence-electron chi connectivity index (χ4n) is 2.28. The molecule has 1 aromatic carbocycles. The average molecular weight is 287 g/mol. The molecule has 0 bridgehead atoms. The molecular weight excluding hydrogens is 266 g/mol. The van der Waals surface area contributed by atoms with Crippen molar-refractivity contribution >= 4 is 5.91 Å². The van der Waals surface area contributed by atoms with Gasteiger partial charge < -0.3 is 15.4 Å². The van der Waals surface area contributed by atoms with E-state index < -0.39 is 12.0 Å². The third-order valence-corrected chi connectivity index (χ3v) is 3.40. The minimum atomic E-state index is -0.550. The van der Waals surface area contributed by atoms with Crippen molar-refractivity contribution in [3.8, 4) is 0 Å². The molecule has 3 N–H and O–H groups in total. The van der Waals surface area contributed by atoms with Gasteiger partial charge >= 0.3 is 0 Å². The molecule has 1 heterocycles. The number of carbonyl (C=O) groups is 1. The van der Waals surface area contributed by atoms with Gasteiger partial charge in [-0.2, -0.15) is 0 Å². The molecular formula is C16H21N3O2. The Hall–Kier alpha value is -2.14. The molecule has 0 saturated heterocycles. The highest BCUT2D eigenvalue weighted by atomic mass is 16.3. The SMILES string of the molecule is NC(=O)c1cn(C[C@@H](O)CCCCc2ccccc2)cn1. The minimum absolute atomic E-state index is 0.228. The number of hydrogen-bond acceptors (Lipinski definition) is 3. The van der Waals surface area contributed by atoms with E-state index in [1.54, 1.807) is 10.8 Å². The van der Waals surface area contributed by atoms with Crippen molar-refractivity contribution in [2.24, 2.45) is 5.73 Å². The molecule has 0 aliphatic heterocycles. The third kappa shape index (κ3) is 5.04. The highest BCUT2D eigenvalue weighted by Crippen LogP contribution is 2.09. The topological polar surface area (TPSA) is 81.1 Å². The number of imidazole rings is 1. The second-order valence-electron chi connectivity index (χ2n) is 5.21. The number of aryl methyl sites for hydroxylation is 1. The van der Waals surface area contributed by atoms with Gasteiger partial charge in [0.1, 0.15) is 5.69 Å². The number of aromatic nitrogens is 2. The highest BCUT2D eigenvalue weighted by Gasteiger charge is 2.08. The van der Waals surface area contributed by atoms with Crippen LogP contribution in [0.3, 0.4) is 0 Å². The van der Waals surface area contributed by atoms with Crippen molar-refractivity contribution in [2.75, 3.05) is 0 Å². The fourth-order valence-corrected chi connectivity index (χ4v) is 2.28. The van der Waals surface area contributed by atoms with Gasteiger partial charge in [0.25, 0.3) is 5.91 Å². The fraction of sp³-hybridized carbons (Fsp3) is 0.375. The summed E-state index contributed by atoms with van der Waals surface area (Å²) in [4.78, 5) is 14.8. The molecule has 2 aromatic rings. The first-order valence-corrected chi connectivity index (χ1v) is 7.18. The van der Waals surface area contributed by atoms with Crippen LogP contribution in [0.15, 0.2) is 42.9 Å². The second-order valence-corrected chi connectivity index (χ2v) is 5.21. The lowest BCUT2D eigenvalue weighted by Gasteiger charge is -2.10. The van der Waals surface area contributed by atoms with Crippen LogP contribution in [0, 0.1) is 0 Å². The summed E-state index contributed by atoms with van der Waals surface area (Å²) >= 11 is 0. The van der Waals surface area contributed by atoms with Crippen LogP contribution in [-0.4, -0.2) is 26.7 Å². The maximum Gasteiger partial charge on any atom is 0.268 e. The smallest absolute Gasteiger partial charge is 0.268 e. The van der Waals surface area contributed by atoms with Gasteiger partial charge in [-0.05, 0) is 24.8 Å². The van der Waals surface area contributed by atoms with Crippen LogP contribution in [0.25, 0.3) is 0 Å². The van der Waals surface area contributed by atoms with Crippen molar-refractivity contribution in [1.82, 2.24) is 9.55 Å². The van der Waals surface area contributed by atoms with Gasteiger partial charge in [-0.3, -0.25) is 4.79 Å². The van der Waals surface area contributed by atoms with E-state index in [1.165, 1.54) is 11.9 Å². The molecule has 1 amide bonds. The molecule has 0 aliphatic rings. The monoisotopic (exact) mass is 287 g/mol. The quantitative estimate of drug-likeness (QED) is 0.726. The van der Waals surface area contributed by atoms with Gasteiger partial charge in [-0.15, -0.1) is 0 Å². The Bertz CT molecular complexity index is 566. The molecule has 0 aliphatic carbocycles. The van der Waals surface area contributed by atoms with E-state index in [1.807, 2.05) is 18.2 Å². The molecule has 0 unspecified atom stereocenters. The van der Waals surface area contributed by atoms with E-state index >= 15 is 0 Å². The Balaban J connectivity index is 1.67. The molecule has 21 heavy (non-hydrogen) atoms. The predicted octanol–water partition coefficient (Wildman–Crippen LogP) is 1.76. The first-order chi connectivity index (χ1) is 10.1. The lowest BCUT2D eigenvalue weighted by atomic mass is 10.1. The number of aliphatic hydroxyl groups excluding tert-OH is 1. The average Bonchev–Trinajstić information content (AvgIpc) is 2.93. The number of nitrogens with zero attached hydrogens (tertiary/aromatic N) is 2. The first kappa shape index (κ1) is 15.3. The lowest BCUT2D eigenvalue weighted by Crippen LogP contribution is -2.15. The van der Waals surface area contributed by atoms with E-state index in [9.17, 15) is 9.90 Å². The zero-order chi connectivity index (χ0) is 15.1. The Morgan fingerprint density at radius 1 is 1.29 bits per heavy atom. The molecule has 0 spiro atoms. The summed E-state index contributed by atoms with van der Waals surface area (Å²) < 4.78 is 1.70. The predicted molar refractivity (Wildman–Crippen MR) is 80.7 cm³/mol. The van der Waals surface area contributed by atoms with E-state index in [-0.39, 0.29) is 5.69 Å². The number of aliphatic hydroxyl groups is 1. The summed E-state index contributed by atoms with van der Waals surface area (Å²) in [6, 6.07) is 10.3. The third-order valence-electron chi connectivity index (χ3n) is 3.40. The zero-order valence-electron chi connectivity index (χ0n) is 12.0. The lowest BCUT2D eigenvalue weighted by molar-refractivity contribution is 0.0995. The summed E-state index contributed by atoms with van der Waals surface area (Å²) in [5.74, 6) is -0.550. The van der Waals surface area contributed by atoms with Crippen LogP contribution >= 0.6 is 0 Å². The normalized spacial score (nSPS) is 12.2. The number of primary amides is 1. The summed E-state index contributed by atoms with van der Waals surface area (Å²) in [5.41, 5.74) is 6.69. The number of carbonyl (C=O) groups excluding carboxylic acids is 1. The van der Waals surface area contributed by atoms with Crippen LogP contribution in [0.5, 0.6) is 0 Å². The van der Waals surface area contributed by atoms with E-state index in [0.717, 1.165) is 25.7 Å². The van der Waals surface area contributed by atoms with Crippen molar-refractivity contribution in [3.05, 3.63) is 54.1 Å². The largest absolute Gasteiger partial charge is 0.391 e. The molecule has 0 radical (unpaired) electrons. The van der Waals surface area contributed by atoms with Gasteiger partial charge in [0.15, 0.2) is 0 Å². The summed E-state index contributed by atoms with van der Waals surface area (Å²) in [5, 5.41) is 9.98. The van der Waals surface area contributed by atoms with Crippen LogP contribution in [0.2, 0.25) is 0 Å². The number of nitrogens with two attached hydrogens (primary N) is 1. The number of rotatable bonds is 8. The van der Waals surface area contributed by atoms with Crippen molar-refractivity contribution in [3.63, 3.8) is 0 Å². The Labute approximate surface area is 124 Å². The van der Waals surface area contributed by atoms with E-state index in [2.05, 4.69) is 17.1 Å². The van der Waals surface area contributed by atoms with Gasteiger partial charge in [0, 0.05) is 12.7 Å². The zero-order valence-corrected chi connectivity index (χ0v) is 12.0. The minimum Gasteiger partial charge on any atom is -0.391 e. The molecule has 0 fully saturated rings. The van der Waals surface area contributed by atoms with Crippen LogP contribution in [0.4, 0.5) is 0 Å². The molecule has 1 aromatic heterocycles. The second kappa shape index (κ2) is 7.59. The maximum absolute atomic E-state index is 10.9. The Kier molecular flexibility index (Phi) is 5.51. The highest BCUT2D eigenvalue weighted by molar-refractivity contribution is 5.90. The van der Waals surface area contributed by atoms with Crippen LogP contribution < -0.4 is 5.73 Å². The molecule has 2 rings (SSSR count). The number of amides is 1. The number of unbranched alkanes of at least 4 members (excludes halogenated alkanes) is 1. The Morgan fingerprint density at radius 3 is 2.71 bits per heavy atom. The van der Waals surface area contributed by atoms with Gasteiger partial charge in [0.2, 0.25) is 0 Å². The van der Waals surface area contributed by atoms with Crippen LogP contribution in [0.1, 0.15) is 35.3 Å². The van der Waals surface area contributed by atoms with Gasteiger partial charge in [-0.25, -0.2) is 4.98 Å². The molecule has 1 atom stereocenters. The van der Waals surface area contributed by atoms with E-state index in [4.69, 9.17) is 5.73 Å². The Morgan fingerprint density at radius 2 is 2.05 bits per heavy atom. The van der Waals surface area contributed by atoms with Gasteiger partial charge in [-0.1, -0.05) is 36.8 Å². The summed E-state index contributed by atoms with van der Waals surface area (Å²) in [7, 11) is 0. The summed E-state index contributed by atoms with van der Waals surface area (Å²) in [6.07, 6.45) is 6.44. The van der Waals surface area contributed by atoms with E-state index in [0.29, 0.717) is 6.54 Å². The molecule has 112 valence electrons. The van der Waals surface area contributed by atoms with Crippen molar-refractivity contribution in [2.45, 2.75) is 38.3 Å². The van der Waals surface area contributed by atoms with Crippen molar-refractivity contribution < 1.29 is 9.90 Å².